The molecule has 0 saturated carbocycles. The van der Waals surface area contributed by atoms with Gasteiger partial charge in [0.2, 0.25) is 0 Å². The molecule has 2 amide bonds. The largest absolute Gasteiger partial charge is 0.483 e. The summed E-state index contributed by atoms with van der Waals surface area (Å²) in [5.41, 5.74) is 4.93. The Hall–Kier alpha value is -4.86. The van der Waals surface area contributed by atoms with Crippen LogP contribution in [0, 0.1) is 24.7 Å². The maximum absolute atomic E-state index is 13.6. The molecule has 2 aliphatic heterocycles. The van der Waals surface area contributed by atoms with Crippen LogP contribution in [0.25, 0.3) is 10.4 Å². The molecule has 0 aliphatic carbocycles. The third-order valence-electron chi connectivity index (χ3n) is 9.47. The zero-order valence-electron chi connectivity index (χ0n) is 33.0. The molecule has 1 unspecified atom stereocenters. The molecule has 1 atom stereocenters. The number of nitrogens with one attached hydrogen (secondary N) is 2. The minimum absolute atomic E-state index is 0.0929. The van der Waals surface area contributed by atoms with Crippen LogP contribution in [0.2, 0.25) is 0 Å². The molecule has 2 aliphatic rings. The van der Waals surface area contributed by atoms with Crippen molar-refractivity contribution in [1.29, 1.82) is 0 Å². The second-order valence-electron chi connectivity index (χ2n) is 15.0. The molecule has 0 bridgehead atoms. The molecule has 12 heteroatoms. The third-order valence-corrected chi connectivity index (χ3v) is 10.4. The number of likely N-dealkylation sites (tertiary alicyclic amines) is 2. The van der Waals surface area contributed by atoms with E-state index in [1.165, 1.54) is 0 Å². The molecular weight excluding hydrogens is 717 g/mol. The number of hydrogen-bond acceptors (Lipinski definition) is 9. The maximum atomic E-state index is 13.6. The van der Waals surface area contributed by atoms with Gasteiger partial charge in [-0.3, -0.25) is 14.4 Å². The molecule has 1 aromatic heterocycles. The van der Waals surface area contributed by atoms with E-state index in [1.54, 1.807) is 16.2 Å². The number of carbonyl (C=O) groups excluding carboxylic acids is 3. The van der Waals surface area contributed by atoms with E-state index < -0.39 is 5.60 Å². The Labute approximate surface area is 329 Å². The molecule has 2 aromatic carbocycles. The number of aryl methyl sites for hydroxylation is 1. The molecular formula is C43H56N4O7S. The highest BCUT2D eigenvalue weighted by Gasteiger charge is 2.33. The van der Waals surface area contributed by atoms with Crippen molar-refractivity contribution in [2.45, 2.75) is 91.3 Å². The number of ether oxygens (including phenoxy) is 2. The summed E-state index contributed by atoms with van der Waals surface area (Å²) in [6, 6.07) is 16.2. The summed E-state index contributed by atoms with van der Waals surface area (Å²) in [7, 11) is 0. The average Bonchev–Trinajstić information content (AvgIpc) is 3.66. The Morgan fingerprint density at radius 1 is 1.07 bits per heavy atom. The van der Waals surface area contributed by atoms with Gasteiger partial charge in [-0.15, -0.1) is 11.3 Å². The van der Waals surface area contributed by atoms with Crippen molar-refractivity contribution in [1.82, 2.24) is 15.1 Å². The van der Waals surface area contributed by atoms with E-state index in [0.29, 0.717) is 37.6 Å². The van der Waals surface area contributed by atoms with E-state index in [4.69, 9.17) is 19.4 Å². The molecule has 3 aromatic rings. The number of carbonyl (C=O) groups is 4. The quantitative estimate of drug-likeness (QED) is 0.0731. The molecule has 55 heavy (non-hydrogen) atoms. The normalized spacial score (nSPS) is 15.3. The van der Waals surface area contributed by atoms with E-state index in [1.807, 2.05) is 59.7 Å². The van der Waals surface area contributed by atoms with Crippen molar-refractivity contribution in [3.8, 4) is 22.3 Å². The van der Waals surface area contributed by atoms with Gasteiger partial charge in [0.25, 0.3) is 12.4 Å². The zero-order chi connectivity index (χ0) is 40.0. The molecule has 3 N–H and O–H groups in total. The number of esters is 1. The molecule has 0 radical (unpaired) electrons. The fourth-order valence-electron chi connectivity index (χ4n) is 6.49. The standard InChI is InChI=1S/C42H54N4O5S.CH2O2/c1-7-50-39(47)12-8-9-21-45-22-19-31(20-23-45)14-15-32-16-17-33(25-37(32)38-11-10-24-52-38)30(3)43-40(48)36-26-34(18-13-29(36)2)44-35-27-46(28-35)41(49)51-42(4,5)6;2-1-3/h10-11,13,16-18,24-26,30-31,35,44H,7-9,12,19-23,27-28H2,1-6H3,(H,43,48);1H,(H,2,3). The van der Waals surface area contributed by atoms with E-state index in [0.717, 1.165) is 78.1 Å². The topological polar surface area (TPSA) is 138 Å². The highest BCUT2D eigenvalue weighted by atomic mass is 32.1. The summed E-state index contributed by atoms with van der Waals surface area (Å²) in [5, 5.41) is 15.6. The average molecular weight is 773 g/mol. The number of hydrogen-bond donors (Lipinski definition) is 3. The minimum atomic E-state index is -0.525. The minimum Gasteiger partial charge on any atom is -0.483 e. The lowest BCUT2D eigenvalue weighted by atomic mass is 9.95. The summed E-state index contributed by atoms with van der Waals surface area (Å²) < 4.78 is 10.5. The lowest BCUT2D eigenvalue weighted by Gasteiger charge is -2.40. The van der Waals surface area contributed by atoms with Gasteiger partial charge < -0.3 is 35.0 Å². The second-order valence-corrected chi connectivity index (χ2v) is 15.9. The first kappa shape index (κ1) is 42.9. The highest BCUT2D eigenvalue weighted by molar-refractivity contribution is 7.13. The number of amides is 2. The van der Waals surface area contributed by atoms with Crippen molar-refractivity contribution in [3.05, 3.63) is 76.2 Å². The highest BCUT2D eigenvalue weighted by Crippen LogP contribution is 2.31. The van der Waals surface area contributed by atoms with Crippen molar-refractivity contribution in [2.24, 2.45) is 5.92 Å². The predicted molar refractivity (Wildman–Crippen MR) is 217 cm³/mol. The predicted octanol–water partition coefficient (Wildman–Crippen LogP) is 7.74. The number of unbranched alkanes of at least 4 members (excludes halogenated alkanes) is 1. The second kappa shape index (κ2) is 20.7. The third kappa shape index (κ3) is 13.4. The molecule has 2 fully saturated rings. The van der Waals surface area contributed by atoms with Crippen LogP contribution in [0.1, 0.15) is 99.8 Å². The summed E-state index contributed by atoms with van der Waals surface area (Å²) >= 11 is 1.69. The SMILES string of the molecule is CCOC(=O)CCCCN1CCC(C#Cc2ccc(C(C)NC(=O)c3cc(NC4CN(C(=O)OC(C)(C)C)C4)ccc3C)cc2-c2cccs2)CC1.O=CO. The number of carboxylic acid groups (broad SMARTS) is 1. The monoisotopic (exact) mass is 772 g/mol. The van der Waals surface area contributed by atoms with Crippen molar-refractivity contribution >= 4 is 41.5 Å². The Kier molecular flexibility index (Phi) is 16.2. The Morgan fingerprint density at radius 2 is 1.80 bits per heavy atom. The van der Waals surface area contributed by atoms with Crippen LogP contribution in [0.3, 0.4) is 0 Å². The molecule has 3 heterocycles. The first-order valence-electron chi connectivity index (χ1n) is 19.1. The first-order chi connectivity index (χ1) is 26.3. The molecule has 11 nitrogen and oxygen atoms in total. The van der Waals surface area contributed by atoms with Gasteiger partial charge in [-0.1, -0.05) is 30.0 Å². The number of piperidine rings is 1. The maximum Gasteiger partial charge on any atom is 0.410 e. The summed E-state index contributed by atoms with van der Waals surface area (Å²) in [5.74, 6) is 7.21. The number of rotatable bonds is 12. The Balaban J connectivity index is 0.00000217. The van der Waals surface area contributed by atoms with Gasteiger partial charge in [0, 0.05) is 52.7 Å². The van der Waals surface area contributed by atoms with Crippen molar-refractivity contribution in [2.75, 3.05) is 44.6 Å². The van der Waals surface area contributed by atoms with Gasteiger partial charge in [-0.05, 0) is 134 Å². The van der Waals surface area contributed by atoms with Gasteiger partial charge in [0.1, 0.15) is 5.60 Å². The number of benzene rings is 2. The van der Waals surface area contributed by atoms with E-state index in [-0.39, 0.29) is 36.5 Å². The van der Waals surface area contributed by atoms with E-state index in [2.05, 4.69) is 63.1 Å². The summed E-state index contributed by atoms with van der Waals surface area (Å²) in [6.45, 7) is 15.7. The van der Waals surface area contributed by atoms with E-state index >= 15 is 0 Å². The fourth-order valence-corrected chi connectivity index (χ4v) is 7.25. The number of anilines is 1. The van der Waals surface area contributed by atoms with Crippen LogP contribution in [-0.2, 0) is 19.1 Å². The molecule has 296 valence electrons. The van der Waals surface area contributed by atoms with Crippen molar-refractivity contribution < 1.29 is 33.8 Å². The van der Waals surface area contributed by atoms with Gasteiger partial charge in [0.05, 0.1) is 18.7 Å². The molecule has 5 rings (SSSR count). The van der Waals surface area contributed by atoms with Crippen LogP contribution in [0.4, 0.5) is 10.5 Å². The van der Waals surface area contributed by atoms with Crippen LogP contribution in [-0.4, -0.2) is 90.3 Å². The molecule has 2 saturated heterocycles. The number of nitrogens with zero attached hydrogens (tertiary/aromatic N) is 2. The fraction of sp³-hybridized carbons (Fsp3) is 0.488. The Morgan fingerprint density at radius 3 is 2.45 bits per heavy atom. The van der Waals surface area contributed by atoms with Gasteiger partial charge >= 0.3 is 12.1 Å². The van der Waals surface area contributed by atoms with Crippen LogP contribution < -0.4 is 10.6 Å². The van der Waals surface area contributed by atoms with E-state index in [9.17, 15) is 14.4 Å². The van der Waals surface area contributed by atoms with Crippen LogP contribution >= 0.6 is 11.3 Å². The summed E-state index contributed by atoms with van der Waals surface area (Å²) in [6.07, 6.45) is 4.15. The lowest BCUT2D eigenvalue weighted by molar-refractivity contribution is -0.143. The van der Waals surface area contributed by atoms with Crippen LogP contribution in [0.15, 0.2) is 53.9 Å². The van der Waals surface area contributed by atoms with Crippen molar-refractivity contribution in [3.63, 3.8) is 0 Å². The number of thiophene rings is 1. The summed E-state index contributed by atoms with van der Waals surface area (Å²) in [4.78, 5) is 51.2. The van der Waals surface area contributed by atoms with Gasteiger partial charge in [-0.2, -0.15) is 0 Å². The lowest BCUT2D eigenvalue weighted by Crippen LogP contribution is -2.57. The molecule has 0 spiro atoms. The van der Waals surface area contributed by atoms with Gasteiger partial charge in [0.15, 0.2) is 0 Å². The first-order valence-corrected chi connectivity index (χ1v) is 20.0. The van der Waals surface area contributed by atoms with Gasteiger partial charge in [-0.25, -0.2) is 4.79 Å². The Bertz CT molecular complexity index is 1800. The smallest absolute Gasteiger partial charge is 0.410 e. The zero-order valence-corrected chi connectivity index (χ0v) is 33.8. The van der Waals surface area contributed by atoms with Crippen LogP contribution in [0.5, 0.6) is 0 Å².